The van der Waals surface area contributed by atoms with Crippen LogP contribution in [0, 0.1) is 16.0 Å². The van der Waals surface area contributed by atoms with E-state index >= 15 is 0 Å². The lowest BCUT2D eigenvalue weighted by Crippen LogP contribution is -2.27. The number of benzene rings is 1. The predicted molar refractivity (Wildman–Crippen MR) is 82.3 cm³/mol. The van der Waals surface area contributed by atoms with E-state index in [0.717, 1.165) is 5.69 Å². The lowest BCUT2D eigenvalue weighted by Gasteiger charge is -2.23. The van der Waals surface area contributed by atoms with Gasteiger partial charge in [-0.1, -0.05) is 13.8 Å². The van der Waals surface area contributed by atoms with Crippen molar-refractivity contribution >= 4 is 22.3 Å². The van der Waals surface area contributed by atoms with Gasteiger partial charge in [0.05, 0.1) is 16.0 Å². The van der Waals surface area contributed by atoms with Gasteiger partial charge in [0.25, 0.3) is 5.69 Å². The summed E-state index contributed by atoms with van der Waals surface area (Å²) in [6.45, 7) is 4.22. The van der Waals surface area contributed by atoms with Gasteiger partial charge in [0.1, 0.15) is 5.52 Å². The summed E-state index contributed by atoms with van der Waals surface area (Å²) in [6.07, 6.45) is 2.23. The molecule has 0 spiro atoms. The Balaban J connectivity index is 2.46. The molecule has 1 unspecified atom stereocenters. The number of aliphatic hydroxyl groups is 1. The molecule has 0 fully saturated rings. The molecule has 0 aliphatic carbocycles. The second kappa shape index (κ2) is 6.49. The third kappa shape index (κ3) is 3.28. The van der Waals surface area contributed by atoms with Crippen molar-refractivity contribution in [1.82, 2.24) is 4.98 Å². The molecule has 6 nitrogen and oxygen atoms in total. The van der Waals surface area contributed by atoms with Gasteiger partial charge in [-0.15, -0.1) is 0 Å². The van der Waals surface area contributed by atoms with Gasteiger partial charge < -0.3 is 10.4 Å². The van der Waals surface area contributed by atoms with Gasteiger partial charge in [-0.05, 0) is 30.5 Å². The zero-order valence-electron chi connectivity index (χ0n) is 12.1. The van der Waals surface area contributed by atoms with Crippen molar-refractivity contribution < 1.29 is 10.0 Å². The molecule has 0 bridgehead atoms. The molecule has 0 aliphatic heterocycles. The van der Waals surface area contributed by atoms with E-state index in [1.807, 2.05) is 0 Å². The third-order valence-electron chi connectivity index (χ3n) is 3.53. The molecule has 1 aromatic heterocycles. The molecule has 0 aliphatic rings. The fourth-order valence-corrected chi connectivity index (χ4v) is 2.34. The standard InChI is InChI=1S/C15H19N3O3/c1-10(2)12(7-9-19)17-13-5-6-14(18(20)21)11-4-3-8-16-15(11)13/h3-6,8,10,12,17,19H,7,9H2,1-2H3. The summed E-state index contributed by atoms with van der Waals surface area (Å²) in [7, 11) is 0. The number of nitrogens with one attached hydrogen (secondary N) is 1. The van der Waals surface area contributed by atoms with E-state index in [9.17, 15) is 10.1 Å². The van der Waals surface area contributed by atoms with E-state index in [1.165, 1.54) is 6.07 Å². The number of nitro benzene ring substituents is 1. The zero-order chi connectivity index (χ0) is 15.4. The van der Waals surface area contributed by atoms with Gasteiger partial charge in [-0.3, -0.25) is 15.1 Å². The van der Waals surface area contributed by atoms with Crippen molar-refractivity contribution in [2.24, 2.45) is 5.92 Å². The first-order valence-electron chi connectivity index (χ1n) is 6.94. The molecule has 1 heterocycles. The lowest BCUT2D eigenvalue weighted by atomic mass is 10.0. The van der Waals surface area contributed by atoms with Gasteiger partial charge in [0, 0.05) is 24.9 Å². The number of pyridine rings is 1. The summed E-state index contributed by atoms with van der Waals surface area (Å²) in [4.78, 5) is 14.9. The fraction of sp³-hybridized carbons (Fsp3) is 0.400. The molecule has 0 amide bonds. The van der Waals surface area contributed by atoms with Gasteiger partial charge in [0.2, 0.25) is 0 Å². The van der Waals surface area contributed by atoms with Gasteiger partial charge in [-0.2, -0.15) is 0 Å². The van der Waals surface area contributed by atoms with Crippen LogP contribution in [0.2, 0.25) is 0 Å². The maximum Gasteiger partial charge on any atom is 0.278 e. The van der Waals surface area contributed by atoms with Crippen LogP contribution in [0.25, 0.3) is 10.9 Å². The fourth-order valence-electron chi connectivity index (χ4n) is 2.34. The van der Waals surface area contributed by atoms with Gasteiger partial charge in [-0.25, -0.2) is 0 Å². The first-order valence-corrected chi connectivity index (χ1v) is 6.94. The highest BCUT2D eigenvalue weighted by Crippen LogP contribution is 2.30. The van der Waals surface area contributed by atoms with Crippen molar-refractivity contribution in [3.63, 3.8) is 0 Å². The molecule has 112 valence electrons. The van der Waals surface area contributed by atoms with Crippen molar-refractivity contribution in [1.29, 1.82) is 0 Å². The van der Waals surface area contributed by atoms with Crippen LogP contribution in [-0.2, 0) is 0 Å². The molecular weight excluding hydrogens is 270 g/mol. The molecule has 1 aromatic carbocycles. The molecule has 0 saturated carbocycles. The number of nitrogens with zero attached hydrogens (tertiary/aromatic N) is 2. The van der Waals surface area contributed by atoms with E-state index < -0.39 is 4.92 Å². The molecule has 1 atom stereocenters. The Morgan fingerprint density at radius 2 is 2.14 bits per heavy atom. The highest BCUT2D eigenvalue weighted by Gasteiger charge is 2.18. The van der Waals surface area contributed by atoms with Crippen LogP contribution in [-0.4, -0.2) is 27.7 Å². The minimum absolute atomic E-state index is 0.0481. The molecule has 2 rings (SSSR count). The van der Waals surface area contributed by atoms with Crippen LogP contribution < -0.4 is 5.32 Å². The maximum absolute atomic E-state index is 11.1. The van der Waals surface area contributed by atoms with Gasteiger partial charge in [0.15, 0.2) is 0 Å². The van der Waals surface area contributed by atoms with Crippen LogP contribution in [0.3, 0.4) is 0 Å². The second-order valence-corrected chi connectivity index (χ2v) is 5.30. The summed E-state index contributed by atoms with van der Waals surface area (Å²) >= 11 is 0. The number of fused-ring (bicyclic) bond motifs is 1. The predicted octanol–water partition coefficient (Wildman–Crippen LogP) is 2.96. The highest BCUT2D eigenvalue weighted by molar-refractivity contribution is 5.96. The molecule has 21 heavy (non-hydrogen) atoms. The average Bonchev–Trinajstić information content (AvgIpc) is 2.46. The van der Waals surface area contributed by atoms with Crippen LogP contribution >= 0.6 is 0 Å². The Hall–Kier alpha value is -2.21. The molecule has 0 radical (unpaired) electrons. The topological polar surface area (TPSA) is 88.3 Å². The monoisotopic (exact) mass is 289 g/mol. The number of rotatable bonds is 6. The molecule has 0 saturated heterocycles. The summed E-state index contributed by atoms with van der Waals surface area (Å²) in [5, 5.41) is 24.1. The van der Waals surface area contributed by atoms with E-state index in [4.69, 9.17) is 5.11 Å². The summed E-state index contributed by atoms with van der Waals surface area (Å²) in [5.41, 5.74) is 1.38. The number of aromatic nitrogens is 1. The molecule has 2 N–H and O–H groups in total. The largest absolute Gasteiger partial charge is 0.396 e. The van der Waals surface area contributed by atoms with Crippen molar-refractivity contribution in [2.45, 2.75) is 26.3 Å². The average molecular weight is 289 g/mol. The Bertz CT molecular complexity index is 643. The summed E-state index contributed by atoms with van der Waals surface area (Å²) in [5.74, 6) is 0.325. The zero-order valence-corrected chi connectivity index (χ0v) is 12.1. The summed E-state index contributed by atoms with van der Waals surface area (Å²) < 4.78 is 0. The second-order valence-electron chi connectivity index (χ2n) is 5.30. The SMILES string of the molecule is CC(C)C(CCO)Nc1ccc([N+](=O)[O-])c2cccnc12. The molecule has 2 aromatic rings. The lowest BCUT2D eigenvalue weighted by molar-refractivity contribution is -0.383. The first-order chi connectivity index (χ1) is 10.0. The molecule has 6 heteroatoms. The number of hydrogen-bond acceptors (Lipinski definition) is 5. The smallest absolute Gasteiger partial charge is 0.278 e. The van der Waals surface area contributed by atoms with Gasteiger partial charge >= 0.3 is 0 Å². The summed E-state index contributed by atoms with van der Waals surface area (Å²) in [6, 6.07) is 6.64. The van der Waals surface area contributed by atoms with Crippen LogP contribution in [0.4, 0.5) is 11.4 Å². The van der Waals surface area contributed by atoms with Crippen molar-refractivity contribution in [3.05, 3.63) is 40.6 Å². The minimum Gasteiger partial charge on any atom is -0.396 e. The Labute approximate surface area is 123 Å². The van der Waals surface area contributed by atoms with E-state index in [2.05, 4.69) is 24.1 Å². The highest BCUT2D eigenvalue weighted by atomic mass is 16.6. The van der Waals surface area contributed by atoms with Crippen LogP contribution in [0.1, 0.15) is 20.3 Å². The maximum atomic E-state index is 11.1. The third-order valence-corrected chi connectivity index (χ3v) is 3.53. The number of hydrogen-bond donors (Lipinski definition) is 2. The van der Waals surface area contributed by atoms with Crippen molar-refractivity contribution in [3.8, 4) is 0 Å². The quantitative estimate of drug-likeness (QED) is 0.630. The normalized spacial score (nSPS) is 12.6. The van der Waals surface area contributed by atoms with Crippen molar-refractivity contribution in [2.75, 3.05) is 11.9 Å². The number of non-ortho nitro benzene ring substituents is 1. The molecular formula is C15H19N3O3. The van der Waals surface area contributed by atoms with E-state index in [1.54, 1.807) is 24.4 Å². The number of nitro groups is 1. The van der Waals surface area contributed by atoms with Crippen LogP contribution in [0.15, 0.2) is 30.5 Å². The van der Waals surface area contributed by atoms with E-state index in [0.29, 0.717) is 23.2 Å². The first kappa shape index (κ1) is 15.2. The van der Waals surface area contributed by atoms with Crippen LogP contribution in [0.5, 0.6) is 0 Å². The Morgan fingerprint density at radius 1 is 1.38 bits per heavy atom. The number of aliphatic hydroxyl groups excluding tert-OH is 1. The Morgan fingerprint density at radius 3 is 2.76 bits per heavy atom. The number of anilines is 1. The van der Waals surface area contributed by atoms with E-state index in [-0.39, 0.29) is 18.3 Å². The Kier molecular flexibility index (Phi) is 4.70. The minimum atomic E-state index is -0.401.